The zero-order chi connectivity index (χ0) is 18.9. The molecular weight excluding hydrogens is 334 g/mol. The Labute approximate surface area is 162 Å². The highest BCUT2D eigenvalue weighted by molar-refractivity contribution is 5.62. The summed E-state index contributed by atoms with van der Waals surface area (Å²) in [6.45, 7) is 3.00. The maximum atomic E-state index is 9.02. The number of ether oxygens (including phenoxy) is 1. The van der Waals surface area contributed by atoms with Crippen LogP contribution in [0.1, 0.15) is 70.0 Å². The SMILES string of the molecule is CCCCCCOc1ccc(-c2cnc([C@H]3CC[C@H](C#N)CC3)nc2)cc1. The molecule has 0 aliphatic heterocycles. The second-order valence-electron chi connectivity index (χ2n) is 7.44. The van der Waals surface area contributed by atoms with Crippen molar-refractivity contribution < 1.29 is 4.74 Å². The lowest BCUT2D eigenvalue weighted by atomic mass is 9.82. The largest absolute Gasteiger partial charge is 0.494 e. The summed E-state index contributed by atoms with van der Waals surface area (Å²) in [7, 11) is 0. The highest BCUT2D eigenvalue weighted by Crippen LogP contribution is 2.34. The van der Waals surface area contributed by atoms with Crippen molar-refractivity contribution in [3.63, 3.8) is 0 Å². The molecule has 4 nitrogen and oxygen atoms in total. The molecular formula is C23H29N3O. The first-order valence-electron chi connectivity index (χ1n) is 10.2. The number of hydrogen-bond acceptors (Lipinski definition) is 4. The van der Waals surface area contributed by atoms with Crippen LogP contribution in [0.15, 0.2) is 36.7 Å². The normalized spacial score (nSPS) is 19.4. The minimum absolute atomic E-state index is 0.216. The fourth-order valence-corrected chi connectivity index (χ4v) is 3.64. The van der Waals surface area contributed by atoms with E-state index in [1.54, 1.807) is 0 Å². The number of benzene rings is 1. The highest BCUT2D eigenvalue weighted by Gasteiger charge is 2.23. The predicted molar refractivity (Wildman–Crippen MR) is 107 cm³/mol. The lowest BCUT2D eigenvalue weighted by Crippen LogP contribution is -2.14. The lowest BCUT2D eigenvalue weighted by Gasteiger charge is -2.23. The Morgan fingerprint density at radius 3 is 2.30 bits per heavy atom. The van der Waals surface area contributed by atoms with Gasteiger partial charge >= 0.3 is 0 Å². The summed E-state index contributed by atoms with van der Waals surface area (Å²) in [5.41, 5.74) is 2.13. The van der Waals surface area contributed by atoms with Crippen molar-refractivity contribution in [2.75, 3.05) is 6.61 Å². The summed E-state index contributed by atoms with van der Waals surface area (Å²) in [4.78, 5) is 9.21. The van der Waals surface area contributed by atoms with E-state index in [2.05, 4.69) is 35.1 Å². The van der Waals surface area contributed by atoms with E-state index in [4.69, 9.17) is 10.00 Å². The van der Waals surface area contributed by atoms with Crippen LogP contribution in [0, 0.1) is 17.2 Å². The molecule has 1 fully saturated rings. The van der Waals surface area contributed by atoms with Gasteiger partial charge < -0.3 is 4.74 Å². The van der Waals surface area contributed by atoms with Crippen molar-refractivity contribution >= 4 is 0 Å². The minimum atomic E-state index is 0.216. The van der Waals surface area contributed by atoms with Gasteiger partial charge in [-0.2, -0.15) is 5.26 Å². The van der Waals surface area contributed by atoms with Gasteiger partial charge in [0.1, 0.15) is 11.6 Å². The van der Waals surface area contributed by atoms with Crippen molar-refractivity contribution in [2.45, 2.75) is 64.2 Å². The average molecular weight is 364 g/mol. The molecule has 1 aromatic heterocycles. The van der Waals surface area contributed by atoms with E-state index in [1.807, 2.05) is 24.5 Å². The third-order valence-corrected chi connectivity index (χ3v) is 5.40. The second kappa shape index (κ2) is 10.1. The van der Waals surface area contributed by atoms with Gasteiger partial charge in [0.25, 0.3) is 0 Å². The van der Waals surface area contributed by atoms with Crippen LogP contribution in [0.5, 0.6) is 5.75 Å². The molecule has 0 N–H and O–H groups in total. The quantitative estimate of drug-likeness (QED) is 0.548. The molecule has 27 heavy (non-hydrogen) atoms. The van der Waals surface area contributed by atoms with Crippen molar-refractivity contribution in [3.8, 4) is 22.9 Å². The number of hydrogen-bond donors (Lipinski definition) is 0. The fourth-order valence-electron chi connectivity index (χ4n) is 3.64. The average Bonchev–Trinajstić information content (AvgIpc) is 2.74. The molecule has 0 unspecified atom stereocenters. The molecule has 1 heterocycles. The molecule has 0 radical (unpaired) electrons. The molecule has 4 heteroatoms. The van der Waals surface area contributed by atoms with Gasteiger partial charge in [0.05, 0.1) is 12.7 Å². The van der Waals surface area contributed by atoms with Gasteiger partial charge in [-0.15, -0.1) is 0 Å². The maximum absolute atomic E-state index is 9.02. The zero-order valence-electron chi connectivity index (χ0n) is 16.2. The molecule has 1 aromatic carbocycles. The molecule has 1 saturated carbocycles. The van der Waals surface area contributed by atoms with Crippen LogP contribution in [0.2, 0.25) is 0 Å². The molecule has 1 aliphatic carbocycles. The van der Waals surface area contributed by atoms with Crippen molar-refractivity contribution in [2.24, 2.45) is 5.92 Å². The third-order valence-electron chi connectivity index (χ3n) is 5.40. The predicted octanol–water partition coefficient (Wildman–Crippen LogP) is 5.90. The molecule has 0 spiro atoms. The Morgan fingerprint density at radius 1 is 0.963 bits per heavy atom. The third kappa shape index (κ3) is 5.53. The van der Waals surface area contributed by atoms with E-state index in [-0.39, 0.29) is 5.92 Å². The summed E-state index contributed by atoms with van der Waals surface area (Å²) < 4.78 is 5.81. The van der Waals surface area contributed by atoms with Gasteiger partial charge in [0, 0.05) is 29.8 Å². The first-order valence-corrected chi connectivity index (χ1v) is 10.2. The molecule has 0 amide bonds. The van der Waals surface area contributed by atoms with E-state index in [1.165, 1.54) is 19.3 Å². The Balaban J connectivity index is 1.53. The van der Waals surface area contributed by atoms with Gasteiger partial charge in [0.2, 0.25) is 0 Å². The molecule has 3 rings (SSSR count). The van der Waals surface area contributed by atoms with Crippen LogP contribution in [-0.4, -0.2) is 16.6 Å². The minimum Gasteiger partial charge on any atom is -0.494 e. The summed E-state index contributed by atoms with van der Waals surface area (Å²) >= 11 is 0. The van der Waals surface area contributed by atoms with Crippen LogP contribution < -0.4 is 4.74 Å². The second-order valence-corrected chi connectivity index (χ2v) is 7.44. The number of nitrogens with zero attached hydrogens (tertiary/aromatic N) is 3. The Bertz CT molecular complexity index is 726. The number of nitriles is 1. The smallest absolute Gasteiger partial charge is 0.131 e. The number of unbranched alkanes of at least 4 members (excludes halogenated alkanes) is 3. The molecule has 2 aromatic rings. The van der Waals surface area contributed by atoms with E-state index in [0.29, 0.717) is 5.92 Å². The van der Waals surface area contributed by atoms with Gasteiger partial charge in [0.15, 0.2) is 0 Å². The van der Waals surface area contributed by atoms with Gasteiger partial charge in [-0.3, -0.25) is 0 Å². The van der Waals surface area contributed by atoms with Crippen LogP contribution in [-0.2, 0) is 0 Å². The van der Waals surface area contributed by atoms with Crippen LogP contribution in [0.25, 0.3) is 11.1 Å². The maximum Gasteiger partial charge on any atom is 0.131 e. The highest BCUT2D eigenvalue weighted by atomic mass is 16.5. The van der Waals surface area contributed by atoms with Crippen LogP contribution in [0.3, 0.4) is 0 Å². The zero-order valence-corrected chi connectivity index (χ0v) is 16.2. The first-order chi connectivity index (χ1) is 13.3. The number of rotatable bonds is 8. The summed E-state index contributed by atoms with van der Waals surface area (Å²) in [6, 6.07) is 10.6. The number of aromatic nitrogens is 2. The van der Waals surface area contributed by atoms with Crippen molar-refractivity contribution in [1.29, 1.82) is 5.26 Å². The van der Waals surface area contributed by atoms with Gasteiger partial charge in [-0.25, -0.2) is 9.97 Å². The van der Waals surface area contributed by atoms with Gasteiger partial charge in [-0.1, -0.05) is 38.3 Å². The molecule has 142 valence electrons. The fraction of sp³-hybridized carbons (Fsp3) is 0.522. The van der Waals surface area contributed by atoms with Crippen LogP contribution in [0.4, 0.5) is 0 Å². The van der Waals surface area contributed by atoms with E-state index >= 15 is 0 Å². The molecule has 0 saturated heterocycles. The molecule has 0 atom stereocenters. The van der Waals surface area contributed by atoms with Crippen molar-refractivity contribution in [3.05, 3.63) is 42.5 Å². The first kappa shape index (κ1) is 19.4. The van der Waals surface area contributed by atoms with Gasteiger partial charge in [-0.05, 0) is 49.8 Å². The summed E-state index contributed by atoms with van der Waals surface area (Å²) in [5.74, 6) is 2.45. The van der Waals surface area contributed by atoms with E-state index < -0.39 is 0 Å². The van der Waals surface area contributed by atoms with Crippen molar-refractivity contribution in [1.82, 2.24) is 9.97 Å². The summed E-state index contributed by atoms with van der Waals surface area (Å²) in [6.07, 6.45) is 12.7. The topological polar surface area (TPSA) is 58.8 Å². The Kier molecular flexibility index (Phi) is 7.21. The van der Waals surface area contributed by atoms with Crippen LogP contribution >= 0.6 is 0 Å². The van der Waals surface area contributed by atoms with E-state index in [9.17, 15) is 0 Å². The van der Waals surface area contributed by atoms with E-state index in [0.717, 1.165) is 61.4 Å². The Morgan fingerprint density at radius 2 is 1.67 bits per heavy atom. The summed E-state index contributed by atoms with van der Waals surface area (Å²) in [5, 5.41) is 9.02. The molecule has 1 aliphatic rings. The monoisotopic (exact) mass is 363 g/mol. The Hall–Kier alpha value is -2.41. The molecule has 0 bridgehead atoms. The standard InChI is InChI=1S/C23H29N3O/c1-2-3-4-5-14-27-22-12-10-19(11-13-22)21-16-25-23(26-17-21)20-8-6-18(15-24)7-9-20/h10-13,16-18,20H,2-9,14H2,1H3/t18-,20-. The lowest BCUT2D eigenvalue weighted by molar-refractivity contribution is 0.305.